The predicted octanol–water partition coefficient (Wildman–Crippen LogP) is 10.9. The van der Waals surface area contributed by atoms with Crippen LogP contribution in [-0.4, -0.2) is 0 Å². The van der Waals surface area contributed by atoms with Gasteiger partial charge in [0, 0.05) is 34.6 Å². The molecule has 0 atom stereocenters. The van der Waals surface area contributed by atoms with E-state index in [0.29, 0.717) is 0 Å². The van der Waals surface area contributed by atoms with Crippen LogP contribution in [0.1, 0.15) is 55.5 Å². The van der Waals surface area contributed by atoms with Crippen LogP contribution in [0.5, 0.6) is 0 Å². The molecule has 3 aliphatic rings. The number of hydrogen-bond donors (Lipinski definition) is 0. The molecule has 0 unspecified atom stereocenters. The van der Waals surface area contributed by atoms with Crippen molar-refractivity contribution in [3.8, 4) is 50.5 Å². The van der Waals surface area contributed by atoms with Crippen LogP contribution in [0.2, 0.25) is 0 Å². The van der Waals surface area contributed by atoms with Gasteiger partial charge in [-0.15, -0.1) is 0 Å². The van der Waals surface area contributed by atoms with Crippen molar-refractivity contribution >= 4 is 21.5 Å². The molecule has 2 heteroatoms. The van der Waals surface area contributed by atoms with Gasteiger partial charge < -0.3 is 0 Å². The normalized spacial score (nSPS) is 15.3. The maximum atomic E-state index is 2.54. The highest BCUT2D eigenvalue weighted by Gasteiger charge is 2.42. The Labute approximate surface area is 298 Å². The molecule has 0 saturated carbocycles. The highest BCUT2D eigenvalue weighted by molar-refractivity contribution is 5.99. The first-order chi connectivity index (χ1) is 24.8. The molecule has 3 heterocycles. The summed E-state index contributed by atoms with van der Waals surface area (Å²) in [6.45, 7) is 10.3. The third-order valence-electron chi connectivity index (χ3n) is 12.4. The van der Waals surface area contributed by atoms with Crippen LogP contribution in [0.25, 0.3) is 72.0 Å². The van der Waals surface area contributed by atoms with Crippen molar-refractivity contribution in [3.63, 3.8) is 0 Å². The predicted molar refractivity (Wildman–Crippen MR) is 208 cm³/mol. The Hall–Kier alpha value is -5.86. The lowest BCUT2D eigenvalue weighted by molar-refractivity contribution is -0.676. The molecule has 8 aromatic rings. The van der Waals surface area contributed by atoms with Crippen molar-refractivity contribution in [2.75, 3.05) is 0 Å². The van der Waals surface area contributed by atoms with E-state index < -0.39 is 0 Å². The smallest absolute Gasteiger partial charge is 0.193 e. The van der Waals surface area contributed by atoms with Gasteiger partial charge in [0.25, 0.3) is 0 Å². The van der Waals surface area contributed by atoms with Crippen LogP contribution >= 0.6 is 0 Å². The molecule has 0 radical (unpaired) electrons. The van der Waals surface area contributed by atoms with Gasteiger partial charge in [-0.05, 0) is 85.6 Å². The fourth-order valence-corrected chi connectivity index (χ4v) is 9.83. The van der Waals surface area contributed by atoms with Gasteiger partial charge in [0.2, 0.25) is 17.1 Å². The van der Waals surface area contributed by atoms with E-state index in [1.807, 2.05) is 0 Å². The van der Waals surface area contributed by atoms with Crippen molar-refractivity contribution in [2.24, 2.45) is 0 Å². The first-order valence-corrected chi connectivity index (χ1v) is 18.2. The Balaban J connectivity index is 1.34. The molecule has 0 spiro atoms. The summed E-state index contributed by atoms with van der Waals surface area (Å²) in [6, 6.07) is 50.6. The van der Waals surface area contributed by atoms with Crippen LogP contribution < -0.4 is 9.13 Å². The Morgan fingerprint density at radius 3 is 1.67 bits per heavy atom. The topological polar surface area (TPSA) is 7.76 Å². The molecule has 0 saturated heterocycles. The SMILES string of the molecule is CC1(C)c2ccccc2-c2cc3c(cc21)-c1c2ccccc2cc[n+]1-c1cc2c(cc1-c1c4ccccc4cc[n+]1C3)-c1ccccc1C2(C)C. The molecule has 0 N–H and O–H groups in total. The summed E-state index contributed by atoms with van der Waals surface area (Å²) in [6.07, 6.45) is 4.65. The molecule has 0 bridgehead atoms. The van der Waals surface area contributed by atoms with Crippen LogP contribution in [0.4, 0.5) is 0 Å². The molecule has 6 aromatic carbocycles. The third-order valence-corrected chi connectivity index (χ3v) is 12.4. The van der Waals surface area contributed by atoms with Gasteiger partial charge in [0.05, 0.1) is 16.3 Å². The van der Waals surface area contributed by atoms with Gasteiger partial charge in [0.1, 0.15) is 5.56 Å². The van der Waals surface area contributed by atoms with Gasteiger partial charge >= 0.3 is 0 Å². The summed E-state index contributed by atoms with van der Waals surface area (Å²) in [5.41, 5.74) is 18.4. The quantitative estimate of drug-likeness (QED) is 0.144. The van der Waals surface area contributed by atoms with Crippen LogP contribution in [0.3, 0.4) is 0 Å². The minimum absolute atomic E-state index is 0.107. The Morgan fingerprint density at radius 1 is 0.431 bits per heavy atom. The molecule has 2 aromatic heterocycles. The number of nitrogens with zero attached hydrogens (tertiary/aromatic N) is 2. The van der Waals surface area contributed by atoms with E-state index >= 15 is 0 Å². The number of hydrogen-bond acceptors (Lipinski definition) is 0. The zero-order valence-corrected chi connectivity index (χ0v) is 29.5. The maximum Gasteiger partial charge on any atom is 0.227 e. The third kappa shape index (κ3) is 3.77. The number of benzene rings is 6. The number of rotatable bonds is 0. The summed E-state index contributed by atoms with van der Waals surface area (Å²) in [7, 11) is 0. The second-order valence-corrected chi connectivity index (χ2v) is 15.8. The lowest BCUT2D eigenvalue weighted by Gasteiger charge is -2.22. The molecule has 242 valence electrons. The van der Waals surface area contributed by atoms with E-state index in [2.05, 4.69) is 183 Å². The van der Waals surface area contributed by atoms with E-state index in [1.54, 1.807) is 0 Å². The Bertz CT molecular complexity index is 2840. The van der Waals surface area contributed by atoms with Gasteiger partial charge in [0.15, 0.2) is 18.9 Å². The average Bonchev–Trinajstić information content (AvgIpc) is 3.53. The van der Waals surface area contributed by atoms with E-state index in [1.165, 1.54) is 99.8 Å². The van der Waals surface area contributed by atoms with Crippen molar-refractivity contribution in [3.05, 3.63) is 174 Å². The minimum Gasteiger partial charge on any atom is -0.193 e. The van der Waals surface area contributed by atoms with E-state index in [9.17, 15) is 0 Å². The lowest BCUT2D eigenvalue weighted by atomic mass is 9.81. The fraction of sp³-hybridized carbons (Fsp3) is 0.143. The lowest BCUT2D eigenvalue weighted by Crippen LogP contribution is -2.37. The molecule has 11 rings (SSSR count). The van der Waals surface area contributed by atoms with Gasteiger partial charge in [-0.25, -0.2) is 0 Å². The molecule has 51 heavy (non-hydrogen) atoms. The summed E-state index contributed by atoms with van der Waals surface area (Å²) < 4.78 is 5.04. The molecular formula is C49H38N2+2. The Kier molecular flexibility index (Phi) is 5.61. The van der Waals surface area contributed by atoms with Crippen LogP contribution in [-0.2, 0) is 17.4 Å². The highest BCUT2D eigenvalue weighted by Crippen LogP contribution is 2.53. The number of pyridine rings is 2. The fourth-order valence-electron chi connectivity index (χ4n) is 9.83. The highest BCUT2D eigenvalue weighted by atomic mass is 15.0. The summed E-state index contributed by atoms with van der Waals surface area (Å²) >= 11 is 0. The number of fused-ring (bicyclic) bond motifs is 17. The zero-order valence-electron chi connectivity index (χ0n) is 29.5. The van der Waals surface area contributed by atoms with E-state index in [0.717, 1.165) is 6.54 Å². The second kappa shape index (κ2) is 9.89. The Morgan fingerprint density at radius 2 is 0.980 bits per heavy atom. The summed E-state index contributed by atoms with van der Waals surface area (Å²) in [5, 5.41) is 5.04. The van der Waals surface area contributed by atoms with Crippen molar-refractivity contribution in [1.29, 1.82) is 0 Å². The molecule has 1 aliphatic heterocycles. The monoisotopic (exact) mass is 654 g/mol. The van der Waals surface area contributed by atoms with Crippen molar-refractivity contribution in [1.82, 2.24) is 0 Å². The number of aromatic nitrogens is 2. The van der Waals surface area contributed by atoms with Gasteiger partial charge in [-0.3, -0.25) is 0 Å². The van der Waals surface area contributed by atoms with Gasteiger partial charge in [-0.2, -0.15) is 9.13 Å². The molecule has 0 amide bonds. The minimum atomic E-state index is -0.125. The summed E-state index contributed by atoms with van der Waals surface area (Å²) in [4.78, 5) is 0. The second-order valence-electron chi connectivity index (χ2n) is 15.8. The molecule has 2 aliphatic carbocycles. The standard InChI is InChI=1S/C49H38N2/c1-48(2)41-19-11-9-17-35(41)38-25-32-29-50-23-21-30-13-5-7-15-33(30)46(50)40-26-39-36-18-10-12-20-42(36)49(3,4)44(39)28-45(40)51-24-22-31-14-6-8-16-34(31)47(51)37(32)27-43(38)48/h5-28H,29H2,1-4H3/q+2. The molecule has 0 fully saturated rings. The first kappa shape index (κ1) is 28.9. The van der Waals surface area contributed by atoms with E-state index in [4.69, 9.17) is 0 Å². The van der Waals surface area contributed by atoms with Crippen molar-refractivity contribution in [2.45, 2.75) is 45.1 Å². The molecular weight excluding hydrogens is 617 g/mol. The molecule has 2 nitrogen and oxygen atoms in total. The van der Waals surface area contributed by atoms with Gasteiger partial charge in [-0.1, -0.05) is 113 Å². The first-order valence-electron chi connectivity index (χ1n) is 18.2. The maximum absolute atomic E-state index is 2.54. The van der Waals surface area contributed by atoms with Crippen LogP contribution in [0.15, 0.2) is 146 Å². The summed E-state index contributed by atoms with van der Waals surface area (Å²) in [5.74, 6) is 0. The van der Waals surface area contributed by atoms with E-state index in [-0.39, 0.29) is 10.8 Å². The zero-order chi connectivity index (χ0) is 34.2. The average molecular weight is 655 g/mol. The largest absolute Gasteiger partial charge is 0.227 e. The van der Waals surface area contributed by atoms with Crippen LogP contribution in [0, 0.1) is 0 Å². The van der Waals surface area contributed by atoms with Crippen molar-refractivity contribution < 1.29 is 9.13 Å².